The maximum Gasteiger partial charge on any atom is 0.416 e. The van der Waals surface area contributed by atoms with Crippen molar-refractivity contribution in [2.24, 2.45) is 0 Å². The van der Waals surface area contributed by atoms with Gasteiger partial charge in [-0.1, -0.05) is 6.07 Å². The lowest BCUT2D eigenvalue weighted by Crippen LogP contribution is -2.08. The Morgan fingerprint density at radius 3 is 2.57 bits per heavy atom. The Morgan fingerprint density at radius 2 is 1.95 bits per heavy atom. The summed E-state index contributed by atoms with van der Waals surface area (Å²) in [6, 6.07) is 3.90. The Morgan fingerprint density at radius 1 is 1.24 bits per heavy atom. The first-order chi connectivity index (χ1) is 9.82. The van der Waals surface area contributed by atoms with Gasteiger partial charge < -0.3 is 15.8 Å². The molecular weight excluding hydrogens is 285 g/mol. The van der Waals surface area contributed by atoms with Gasteiger partial charge in [-0.15, -0.1) is 0 Å². The van der Waals surface area contributed by atoms with Crippen LogP contribution in [0, 0.1) is 6.92 Å². The molecule has 0 saturated carbocycles. The van der Waals surface area contributed by atoms with Crippen molar-refractivity contribution in [3.8, 4) is 5.75 Å². The van der Waals surface area contributed by atoms with Crippen molar-refractivity contribution in [1.82, 2.24) is 9.97 Å². The molecule has 1 aromatic heterocycles. The SMILES string of the molecule is COc1c(N)ncnc1Nc1ccc(C)c(C(F)(F)F)c1. The lowest BCUT2D eigenvalue weighted by atomic mass is 10.1. The van der Waals surface area contributed by atoms with Gasteiger partial charge in [0.25, 0.3) is 0 Å². The van der Waals surface area contributed by atoms with Crippen LogP contribution in [0.4, 0.5) is 30.5 Å². The fourth-order valence-electron chi connectivity index (χ4n) is 1.82. The zero-order valence-corrected chi connectivity index (χ0v) is 11.3. The van der Waals surface area contributed by atoms with Crippen molar-refractivity contribution in [2.75, 3.05) is 18.2 Å². The van der Waals surface area contributed by atoms with Gasteiger partial charge in [0.2, 0.25) is 5.75 Å². The van der Waals surface area contributed by atoms with E-state index in [1.807, 2.05) is 0 Å². The first-order valence-corrected chi connectivity index (χ1v) is 5.92. The molecule has 0 atom stereocenters. The first-order valence-electron chi connectivity index (χ1n) is 5.92. The highest BCUT2D eigenvalue weighted by molar-refractivity contribution is 5.68. The van der Waals surface area contributed by atoms with Crippen LogP contribution in [0.2, 0.25) is 0 Å². The van der Waals surface area contributed by atoms with E-state index < -0.39 is 11.7 Å². The van der Waals surface area contributed by atoms with Crippen LogP contribution in [-0.4, -0.2) is 17.1 Å². The lowest BCUT2D eigenvalue weighted by molar-refractivity contribution is -0.138. The van der Waals surface area contributed by atoms with Crippen LogP contribution < -0.4 is 15.8 Å². The van der Waals surface area contributed by atoms with Gasteiger partial charge in [-0.2, -0.15) is 13.2 Å². The molecule has 0 amide bonds. The summed E-state index contributed by atoms with van der Waals surface area (Å²) in [7, 11) is 1.37. The van der Waals surface area contributed by atoms with Gasteiger partial charge in [-0.25, -0.2) is 9.97 Å². The molecule has 5 nitrogen and oxygen atoms in total. The van der Waals surface area contributed by atoms with Gasteiger partial charge in [0.15, 0.2) is 11.6 Å². The number of nitrogen functional groups attached to an aromatic ring is 1. The molecule has 112 valence electrons. The number of anilines is 3. The van der Waals surface area contributed by atoms with Crippen LogP contribution in [0.3, 0.4) is 0 Å². The average Bonchev–Trinajstić information content (AvgIpc) is 2.40. The number of benzene rings is 1. The monoisotopic (exact) mass is 298 g/mol. The van der Waals surface area contributed by atoms with Gasteiger partial charge in [0, 0.05) is 5.69 Å². The summed E-state index contributed by atoms with van der Waals surface area (Å²) in [5.41, 5.74) is 5.27. The number of hydrogen-bond acceptors (Lipinski definition) is 5. The summed E-state index contributed by atoms with van der Waals surface area (Å²) in [6.07, 6.45) is -3.23. The van der Waals surface area contributed by atoms with Crippen LogP contribution in [0.1, 0.15) is 11.1 Å². The number of nitrogens with zero attached hydrogens (tertiary/aromatic N) is 2. The van der Waals surface area contributed by atoms with E-state index in [9.17, 15) is 13.2 Å². The van der Waals surface area contributed by atoms with E-state index in [1.165, 1.54) is 32.5 Å². The highest BCUT2D eigenvalue weighted by Gasteiger charge is 2.32. The highest BCUT2D eigenvalue weighted by Crippen LogP contribution is 2.35. The van der Waals surface area contributed by atoms with E-state index in [0.717, 1.165) is 6.07 Å². The Balaban J connectivity index is 2.39. The molecule has 0 aliphatic carbocycles. The third kappa shape index (κ3) is 3.15. The number of halogens is 3. The molecule has 0 unspecified atom stereocenters. The quantitative estimate of drug-likeness (QED) is 0.910. The van der Waals surface area contributed by atoms with Gasteiger partial charge in [-0.05, 0) is 24.6 Å². The molecule has 21 heavy (non-hydrogen) atoms. The maximum atomic E-state index is 12.9. The summed E-state index contributed by atoms with van der Waals surface area (Å²) in [6.45, 7) is 1.40. The Bertz CT molecular complexity index is 658. The molecule has 0 bridgehead atoms. The third-order valence-electron chi connectivity index (χ3n) is 2.84. The number of aromatic nitrogens is 2. The molecule has 3 N–H and O–H groups in total. The van der Waals surface area contributed by atoms with Crippen molar-refractivity contribution in [3.63, 3.8) is 0 Å². The minimum Gasteiger partial charge on any atom is -0.490 e. The van der Waals surface area contributed by atoms with E-state index in [-0.39, 0.29) is 28.6 Å². The minimum atomic E-state index is -4.42. The number of hydrogen-bond donors (Lipinski definition) is 2. The molecule has 0 spiro atoms. The second kappa shape index (κ2) is 5.47. The summed E-state index contributed by atoms with van der Waals surface area (Å²) in [5.74, 6) is 0.465. The Hall–Kier alpha value is -2.51. The molecule has 2 rings (SSSR count). The standard InChI is InChI=1S/C13H13F3N4O/c1-7-3-4-8(5-9(7)13(14,15)16)20-12-10(21-2)11(17)18-6-19-12/h3-6H,1-2H3,(H3,17,18,19,20). The number of methoxy groups -OCH3 is 1. The van der Waals surface area contributed by atoms with Crippen LogP contribution in [0.25, 0.3) is 0 Å². The van der Waals surface area contributed by atoms with E-state index in [2.05, 4.69) is 15.3 Å². The molecule has 0 saturated heterocycles. The number of nitrogens with two attached hydrogens (primary N) is 1. The summed E-state index contributed by atoms with van der Waals surface area (Å²) >= 11 is 0. The fraction of sp³-hybridized carbons (Fsp3) is 0.231. The molecule has 0 aliphatic heterocycles. The zero-order chi connectivity index (χ0) is 15.6. The van der Waals surface area contributed by atoms with Crippen LogP contribution >= 0.6 is 0 Å². The van der Waals surface area contributed by atoms with E-state index in [4.69, 9.17) is 10.5 Å². The molecule has 8 heteroatoms. The second-order valence-electron chi connectivity index (χ2n) is 4.29. The van der Waals surface area contributed by atoms with Crippen molar-refractivity contribution in [2.45, 2.75) is 13.1 Å². The number of ether oxygens (including phenoxy) is 1. The zero-order valence-electron chi connectivity index (χ0n) is 11.3. The number of aryl methyl sites for hydroxylation is 1. The van der Waals surface area contributed by atoms with Crippen molar-refractivity contribution in [3.05, 3.63) is 35.7 Å². The minimum absolute atomic E-state index is 0.0955. The summed E-state index contributed by atoms with van der Waals surface area (Å²) in [5, 5.41) is 2.75. The highest BCUT2D eigenvalue weighted by atomic mass is 19.4. The molecular formula is C13H13F3N4O. The van der Waals surface area contributed by atoms with Gasteiger partial charge in [-0.3, -0.25) is 0 Å². The van der Waals surface area contributed by atoms with E-state index in [0.29, 0.717) is 0 Å². The molecule has 0 aliphatic rings. The number of nitrogens with one attached hydrogen (secondary N) is 1. The summed E-state index contributed by atoms with van der Waals surface area (Å²) in [4.78, 5) is 7.66. The van der Waals surface area contributed by atoms with E-state index in [1.54, 1.807) is 0 Å². The predicted molar refractivity (Wildman–Crippen MR) is 72.5 cm³/mol. The van der Waals surface area contributed by atoms with E-state index >= 15 is 0 Å². The molecule has 1 heterocycles. The normalized spacial score (nSPS) is 11.3. The Labute approximate surface area is 119 Å². The van der Waals surface area contributed by atoms with Gasteiger partial charge in [0.05, 0.1) is 12.7 Å². The molecule has 1 aromatic carbocycles. The summed E-state index contributed by atoms with van der Waals surface area (Å²) < 4.78 is 43.7. The lowest BCUT2D eigenvalue weighted by Gasteiger charge is -2.14. The predicted octanol–water partition coefficient (Wildman–Crippen LogP) is 3.14. The molecule has 0 radical (unpaired) electrons. The number of rotatable bonds is 3. The fourth-order valence-corrected chi connectivity index (χ4v) is 1.82. The number of alkyl halides is 3. The first kappa shape index (κ1) is 14.9. The molecule has 0 fully saturated rings. The topological polar surface area (TPSA) is 73.1 Å². The third-order valence-corrected chi connectivity index (χ3v) is 2.84. The van der Waals surface area contributed by atoms with Gasteiger partial charge in [0.1, 0.15) is 6.33 Å². The van der Waals surface area contributed by atoms with Crippen LogP contribution in [0.15, 0.2) is 24.5 Å². The second-order valence-corrected chi connectivity index (χ2v) is 4.29. The largest absolute Gasteiger partial charge is 0.490 e. The Kier molecular flexibility index (Phi) is 3.88. The smallest absolute Gasteiger partial charge is 0.416 e. The molecule has 2 aromatic rings. The van der Waals surface area contributed by atoms with Gasteiger partial charge >= 0.3 is 6.18 Å². The van der Waals surface area contributed by atoms with Crippen molar-refractivity contribution in [1.29, 1.82) is 0 Å². The van der Waals surface area contributed by atoms with Crippen LogP contribution in [0.5, 0.6) is 5.75 Å². The van der Waals surface area contributed by atoms with Crippen molar-refractivity contribution < 1.29 is 17.9 Å². The van der Waals surface area contributed by atoms with Crippen LogP contribution in [-0.2, 0) is 6.18 Å². The maximum absolute atomic E-state index is 12.9. The average molecular weight is 298 g/mol. The van der Waals surface area contributed by atoms with Crippen molar-refractivity contribution >= 4 is 17.3 Å².